The van der Waals surface area contributed by atoms with Crippen molar-refractivity contribution in [2.45, 2.75) is 352 Å². The van der Waals surface area contributed by atoms with Crippen LogP contribution in [0.4, 0.5) is 0 Å². The monoisotopic (exact) mass is 1470 g/mol. The molecule has 23 heteroatoms. The van der Waals surface area contributed by atoms with E-state index in [4.69, 9.17) is 69.8 Å². The summed E-state index contributed by atoms with van der Waals surface area (Å²) < 4.78 is 122. The molecular weight excluding hydrogens is 1330 g/mol. The van der Waals surface area contributed by atoms with Crippen molar-refractivity contribution in [2.75, 3.05) is 67.1 Å². The summed E-state index contributed by atoms with van der Waals surface area (Å²) in [4.78, 5) is 42.0. The fourth-order valence-electron chi connectivity index (χ4n) is 12.2. The van der Waals surface area contributed by atoms with Crippen LogP contribution in [-0.4, -0.2) is 157 Å². The van der Waals surface area contributed by atoms with Gasteiger partial charge < -0.3 is 47.7 Å². The normalized spacial score (nSPS) is 21.4. The predicted molar refractivity (Wildman–Crippen MR) is 398 cm³/mol. The minimum Gasteiger partial charge on any atom is -0.454 e. The van der Waals surface area contributed by atoms with E-state index in [0.29, 0.717) is 25.7 Å². The number of methoxy groups -OCH3 is 2. The maximum Gasteiger partial charge on any atom is 0.477 e. The van der Waals surface area contributed by atoms with Crippen molar-refractivity contribution in [1.82, 2.24) is 0 Å². The lowest BCUT2D eigenvalue weighted by Crippen LogP contribution is -2.64. The molecular formula is C78H140O21P2. The maximum absolute atomic E-state index is 14.7. The van der Waals surface area contributed by atoms with E-state index < -0.39 is 102 Å². The Labute approximate surface area is 610 Å². The van der Waals surface area contributed by atoms with Crippen LogP contribution >= 0.6 is 15.6 Å². The van der Waals surface area contributed by atoms with Crippen LogP contribution in [-0.2, 0) is 93.3 Å². The molecule has 588 valence electrons. The number of phosphoric acid groups is 2. The van der Waals surface area contributed by atoms with Crippen molar-refractivity contribution >= 4 is 33.4 Å². The molecule has 0 aromatic carbocycles. The van der Waals surface area contributed by atoms with Crippen LogP contribution in [0, 0.1) is 0 Å². The Morgan fingerprint density at radius 1 is 0.436 bits per heavy atom. The number of aliphatic hydroxyl groups is 1. The summed E-state index contributed by atoms with van der Waals surface area (Å²) in [7, 11) is -6.13. The molecule has 21 nitrogen and oxygen atoms in total. The van der Waals surface area contributed by atoms with Gasteiger partial charge in [-0.1, -0.05) is 244 Å². The highest BCUT2D eigenvalue weighted by atomic mass is 31.2. The summed E-state index contributed by atoms with van der Waals surface area (Å²) in [6.45, 7) is 21.9. The Morgan fingerprint density at radius 2 is 0.861 bits per heavy atom. The maximum atomic E-state index is 14.7. The molecule has 0 aliphatic carbocycles. The van der Waals surface area contributed by atoms with Crippen LogP contribution in [0.3, 0.4) is 0 Å². The summed E-state index contributed by atoms with van der Waals surface area (Å²) in [5.41, 5.74) is 0. The molecule has 2 rings (SSSR count). The number of phosphoric ester groups is 2. The van der Waals surface area contributed by atoms with Crippen molar-refractivity contribution in [3.05, 3.63) is 62.8 Å². The number of esters is 2. The van der Waals surface area contributed by atoms with E-state index >= 15 is 0 Å². The number of carbonyl (C=O) groups is 3. The molecule has 1 N–H and O–H groups in total. The second kappa shape index (κ2) is 62.3. The van der Waals surface area contributed by atoms with Gasteiger partial charge in [-0.15, -0.1) is 26.3 Å². The van der Waals surface area contributed by atoms with Gasteiger partial charge in [-0.3, -0.25) is 41.5 Å². The predicted octanol–water partition coefficient (Wildman–Crippen LogP) is 19.3. The molecule has 0 radical (unpaired) electrons. The zero-order valence-corrected chi connectivity index (χ0v) is 65.4. The number of rotatable bonds is 71. The number of aliphatic hydroxyl groups excluding tert-OH is 1. The van der Waals surface area contributed by atoms with Crippen molar-refractivity contribution in [3.63, 3.8) is 0 Å². The molecule has 101 heavy (non-hydrogen) atoms. The Balaban J connectivity index is 2.74. The van der Waals surface area contributed by atoms with Crippen LogP contribution < -0.4 is 0 Å². The van der Waals surface area contributed by atoms with E-state index in [1.54, 1.807) is 7.11 Å². The molecule has 0 unspecified atom stereocenters. The minimum absolute atomic E-state index is 0.0212. The lowest BCUT2D eigenvalue weighted by atomic mass is 9.97. The summed E-state index contributed by atoms with van der Waals surface area (Å²) in [6.07, 6.45) is 32.0. The van der Waals surface area contributed by atoms with E-state index in [-0.39, 0.29) is 71.0 Å². The van der Waals surface area contributed by atoms with Crippen LogP contribution in [0.2, 0.25) is 0 Å². The summed E-state index contributed by atoms with van der Waals surface area (Å²) in [6, 6.07) is 0. The first-order chi connectivity index (χ1) is 49.1. The average Bonchev–Trinajstić information content (AvgIpc) is 0.783. The van der Waals surface area contributed by atoms with Crippen molar-refractivity contribution in [3.8, 4) is 0 Å². The number of Topliss-reactive ketones (excluding diaryl/α,β-unsaturated/α-hetero) is 1. The molecule has 0 spiro atoms. The lowest BCUT2D eigenvalue weighted by molar-refractivity contribution is -0.331. The second-order valence-corrected chi connectivity index (χ2v) is 30.0. The SMILES string of the molecule is C=CCOP(=O)(OCC=C)O[C@H]1O[C@H](CO[C@@H]2O[C@H](COC)[C@@H](OP(=O)(OCC=C)OCC=C)[C@H](OCC[C@@H](CCCCCCC)OC)[C@H]2OC(=O)CCCCCCCCC/C=C\CCCCCC)[C@@H](O)[C@H](OCCCCCCCCCC)[C@H]1OC(=O)CC(=O)CCCCCCCCCCC. The fraction of sp³-hybridized carbons (Fsp3) is 0.833. The van der Waals surface area contributed by atoms with Crippen molar-refractivity contribution in [1.29, 1.82) is 0 Å². The zero-order valence-electron chi connectivity index (χ0n) is 63.6. The summed E-state index contributed by atoms with van der Waals surface area (Å²) in [5, 5.41) is 12.7. The quantitative estimate of drug-likeness (QED) is 0.0195. The minimum atomic E-state index is -4.68. The highest BCUT2D eigenvalue weighted by Crippen LogP contribution is 2.54. The van der Waals surface area contributed by atoms with Gasteiger partial charge in [0.25, 0.3) is 0 Å². The van der Waals surface area contributed by atoms with Crippen LogP contribution in [0.5, 0.6) is 0 Å². The molecule has 0 saturated carbocycles. The first kappa shape index (κ1) is 94.3. The molecule has 0 amide bonds. The molecule has 2 heterocycles. The molecule has 2 fully saturated rings. The smallest absolute Gasteiger partial charge is 0.454 e. The third-order valence-electron chi connectivity index (χ3n) is 18.0. The number of allylic oxidation sites excluding steroid dienone is 2. The van der Waals surface area contributed by atoms with Gasteiger partial charge in [0.05, 0.1) is 45.7 Å². The van der Waals surface area contributed by atoms with Crippen LogP contribution in [0.1, 0.15) is 285 Å². The number of unbranched alkanes of at least 4 members (excludes halogenated alkanes) is 30. The Hall–Kier alpha value is -2.79. The lowest BCUT2D eigenvalue weighted by Gasteiger charge is -2.47. The first-order valence-corrected chi connectivity index (χ1v) is 42.1. The molecule has 2 saturated heterocycles. The van der Waals surface area contributed by atoms with Gasteiger partial charge in [0, 0.05) is 40.3 Å². The Bertz CT molecular complexity index is 2210. The molecule has 0 bridgehead atoms. The Kier molecular flexibility index (Phi) is 58.1. The van der Waals surface area contributed by atoms with E-state index in [1.165, 1.54) is 82.8 Å². The fourth-order valence-corrected chi connectivity index (χ4v) is 14.7. The highest BCUT2D eigenvalue weighted by molar-refractivity contribution is 7.48. The number of ketones is 1. The molecule has 0 aromatic rings. The van der Waals surface area contributed by atoms with E-state index in [2.05, 4.69) is 66.2 Å². The average molecular weight is 1480 g/mol. The molecule has 0 aromatic heterocycles. The first-order valence-electron chi connectivity index (χ1n) is 39.2. The topological polar surface area (TPSA) is 244 Å². The second-order valence-electron chi connectivity index (χ2n) is 26.8. The molecule has 2 aliphatic heterocycles. The zero-order chi connectivity index (χ0) is 73.9. The Morgan fingerprint density at radius 3 is 1.37 bits per heavy atom. The van der Waals surface area contributed by atoms with E-state index in [9.17, 15) is 28.6 Å². The highest BCUT2D eigenvalue weighted by Gasteiger charge is 2.56. The van der Waals surface area contributed by atoms with Gasteiger partial charge in [-0.2, -0.15) is 0 Å². The number of hydrogen-bond acceptors (Lipinski definition) is 21. The van der Waals surface area contributed by atoms with Gasteiger partial charge in [0.1, 0.15) is 48.8 Å². The van der Waals surface area contributed by atoms with Gasteiger partial charge in [-0.25, -0.2) is 9.13 Å². The van der Waals surface area contributed by atoms with Crippen LogP contribution in [0.25, 0.3) is 0 Å². The number of carbonyl (C=O) groups excluding carboxylic acids is 3. The van der Waals surface area contributed by atoms with Gasteiger partial charge in [0.15, 0.2) is 18.5 Å². The van der Waals surface area contributed by atoms with Crippen molar-refractivity contribution < 1.29 is 98.4 Å². The number of ether oxygens (including phenoxy) is 9. The van der Waals surface area contributed by atoms with Gasteiger partial charge in [0.2, 0.25) is 6.29 Å². The van der Waals surface area contributed by atoms with Crippen LogP contribution in [0.15, 0.2) is 62.8 Å². The van der Waals surface area contributed by atoms with Gasteiger partial charge >= 0.3 is 27.6 Å². The third kappa shape index (κ3) is 44.2. The molecule has 2 aliphatic rings. The van der Waals surface area contributed by atoms with E-state index in [1.807, 2.05) is 0 Å². The number of hydrogen-bond donors (Lipinski definition) is 1. The standard InChI is InChI=1S/C78H140O21P2/c1-11-19-23-27-30-33-34-35-36-37-38-40-42-46-50-54-69(80)96-76-74(88-61-55-66(86-10)53-49-44-26-22-14-4)72(98-100(83,90-56-15-5)91-57-16-6)68(63-85-9)95-77(76)89-64-67-71(82)73(87-60-51-47-43-32-29-25-21-13-3)75(78(94-67)99-101(84,92-58-17-7)93-59-18-8)97-70(81)62-65(79)52-48-45-41-39-31-28-24-20-12-2/h15-18,33-34,66-68,71-78,82H,5-8,11-14,19-32,35-64H2,1-4,9-10H3/b34-33-/t66-,67-,68-,71-,72-,73+,74+,75-,76-,77-,78-/m1/s1. The largest absolute Gasteiger partial charge is 0.477 e. The van der Waals surface area contributed by atoms with Crippen molar-refractivity contribution in [2.24, 2.45) is 0 Å². The van der Waals surface area contributed by atoms with E-state index in [0.717, 1.165) is 161 Å². The summed E-state index contributed by atoms with van der Waals surface area (Å²) >= 11 is 0. The molecule has 11 atom stereocenters. The van der Waals surface area contributed by atoms with Gasteiger partial charge in [-0.05, 0) is 57.8 Å². The summed E-state index contributed by atoms with van der Waals surface area (Å²) in [5.74, 6) is -1.89. The third-order valence-corrected chi connectivity index (χ3v) is 20.8.